The fraction of sp³-hybridized carbons (Fsp3) is 0.368. The quantitative estimate of drug-likeness (QED) is 0.710. The minimum absolute atomic E-state index is 0.0376. The van der Waals surface area contributed by atoms with Crippen molar-refractivity contribution in [3.63, 3.8) is 0 Å². The Bertz CT molecular complexity index is 1050. The summed E-state index contributed by atoms with van der Waals surface area (Å²) >= 11 is 0. The number of nitrogens with zero attached hydrogens (tertiary/aromatic N) is 2. The maximum atomic E-state index is 12.9. The summed E-state index contributed by atoms with van der Waals surface area (Å²) < 4.78 is 75.6. The van der Waals surface area contributed by atoms with E-state index in [1.165, 1.54) is 29.6 Å². The Hall–Kier alpha value is -2.86. The maximum absolute atomic E-state index is 12.9. The summed E-state index contributed by atoms with van der Waals surface area (Å²) in [6.45, 7) is 0.261. The fourth-order valence-corrected chi connectivity index (χ4v) is 4.66. The third-order valence-corrected chi connectivity index (χ3v) is 6.72. The van der Waals surface area contributed by atoms with Crippen LogP contribution in [0.25, 0.3) is 0 Å². The monoisotopic (exact) mass is 459 g/mol. The molecule has 168 valence electrons. The molecule has 1 fully saturated rings. The van der Waals surface area contributed by atoms with E-state index in [-0.39, 0.29) is 35.2 Å². The number of nitrogens with two attached hydrogens (primary N) is 1. The average molecular weight is 459 g/mol. The van der Waals surface area contributed by atoms with Crippen LogP contribution in [0.3, 0.4) is 0 Å². The number of hydrogen-bond donors (Lipinski definition) is 1. The Balaban J connectivity index is 1.66. The second-order valence-corrected chi connectivity index (χ2v) is 8.77. The van der Waals surface area contributed by atoms with E-state index in [1.54, 1.807) is 0 Å². The van der Waals surface area contributed by atoms with Crippen molar-refractivity contribution in [1.82, 2.24) is 9.29 Å². The van der Waals surface area contributed by atoms with Crippen LogP contribution in [0.4, 0.5) is 13.2 Å². The average Bonchev–Trinajstić information content (AvgIpc) is 2.73. The lowest BCUT2D eigenvalue weighted by molar-refractivity contribution is -0.137. The lowest BCUT2D eigenvalue weighted by Gasteiger charge is -2.31. The van der Waals surface area contributed by atoms with Crippen LogP contribution in [-0.2, 0) is 16.2 Å². The Morgan fingerprint density at radius 3 is 2.39 bits per heavy atom. The first-order valence-corrected chi connectivity index (χ1v) is 10.6. The molecule has 8 nitrogen and oxygen atoms in total. The van der Waals surface area contributed by atoms with Gasteiger partial charge in [-0.3, -0.25) is 4.79 Å². The van der Waals surface area contributed by atoms with Gasteiger partial charge in [0.25, 0.3) is 5.91 Å². The minimum Gasteiger partial charge on any atom is -0.496 e. The van der Waals surface area contributed by atoms with E-state index in [0.29, 0.717) is 19.0 Å². The topological polar surface area (TPSA) is 112 Å². The molecule has 2 N–H and O–H groups in total. The van der Waals surface area contributed by atoms with Crippen molar-refractivity contribution >= 4 is 15.9 Å². The van der Waals surface area contributed by atoms with Crippen LogP contribution in [0.2, 0.25) is 0 Å². The van der Waals surface area contributed by atoms with Gasteiger partial charge in [-0.2, -0.15) is 17.5 Å². The summed E-state index contributed by atoms with van der Waals surface area (Å²) in [5, 5.41) is 0. The molecular weight excluding hydrogens is 439 g/mol. The molecule has 0 bridgehead atoms. The summed E-state index contributed by atoms with van der Waals surface area (Å²) in [7, 11) is -2.55. The van der Waals surface area contributed by atoms with Gasteiger partial charge in [-0.05, 0) is 37.1 Å². The number of amides is 1. The zero-order valence-electron chi connectivity index (χ0n) is 16.4. The van der Waals surface area contributed by atoms with Crippen molar-refractivity contribution in [2.75, 3.05) is 20.2 Å². The van der Waals surface area contributed by atoms with Crippen molar-refractivity contribution in [1.29, 1.82) is 0 Å². The lowest BCUT2D eigenvalue weighted by atomic mass is 10.1. The highest BCUT2D eigenvalue weighted by atomic mass is 32.2. The van der Waals surface area contributed by atoms with E-state index in [0.717, 1.165) is 12.1 Å². The smallest absolute Gasteiger partial charge is 0.417 e. The second-order valence-electron chi connectivity index (χ2n) is 6.83. The van der Waals surface area contributed by atoms with E-state index in [1.807, 2.05) is 0 Å². The lowest BCUT2D eigenvalue weighted by Crippen LogP contribution is -2.41. The Morgan fingerprint density at radius 1 is 1.19 bits per heavy atom. The number of pyridine rings is 1. The number of alkyl halides is 3. The highest BCUT2D eigenvalue weighted by molar-refractivity contribution is 7.89. The van der Waals surface area contributed by atoms with Gasteiger partial charge < -0.3 is 15.2 Å². The molecule has 1 amide bonds. The van der Waals surface area contributed by atoms with Gasteiger partial charge in [0.2, 0.25) is 15.9 Å². The standard InChI is InChI=1S/C19H20F3N3O5S/c1-29-16-4-3-14(10-15(16)18(23)26)31(27,28)25-8-6-13(7-9-25)30-17-5-2-12(11-24-17)19(20,21)22/h2-5,10-11,13H,6-9H2,1H3,(H2,23,26). The molecule has 1 saturated heterocycles. The van der Waals surface area contributed by atoms with Gasteiger partial charge in [-0.15, -0.1) is 0 Å². The first kappa shape index (κ1) is 22.8. The molecule has 2 heterocycles. The summed E-state index contributed by atoms with van der Waals surface area (Å²) in [4.78, 5) is 15.2. The molecule has 3 rings (SSSR count). The largest absolute Gasteiger partial charge is 0.496 e. The third kappa shape index (κ3) is 5.07. The molecule has 0 atom stereocenters. The Labute approximate surface area is 176 Å². The molecule has 1 aromatic heterocycles. The van der Waals surface area contributed by atoms with Crippen LogP contribution < -0.4 is 15.2 Å². The Kier molecular flexibility index (Phi) is 6.41. The fourth-order valence-electron chi connectivity index (χ4n) is 3.17. The molecule has 1 aliphatic rings. The van der Waals surface area contributed by atoms with Crippen LogP contribution in [0.5, 0.6) is 11.6 Å². The van der Waals surface area contributed by atoms with Crippen molar-refractivity contribution in [2.24, 2.45) is 5.73 Å². The summed E-state index contributed by atoms with van der Waals surface area (Å²) in [6.07, 6.45) is -3.55. The van der Waals surface area contributed by atoms with Crippen LogP contribution >= 0.6 is 0 Å². The van der Waals surface area contributed by atoms with E-state index >= 15 is 0 Å². The number of ether oxygens (including phenoxy) is 2. The summed E-state index contributed by atoms with van der Waals surface area (Å²) in [6, 6.07) is 5.87. The number of aromatic nitrogens is 1. The SMILES string of the molecule is COc1ccc(S(=O)(=O)N2CCC(Oc3ccc(C(F)(F)F)cn3)CC2)cc1C(N)=O. The highest BCUT2D eigenvalue weighted by Gasteiger charge is 2.32. The molecule has 1 aliphatic heterocycles. The van der Waals surface area contributed by atoms with Crippen LogP contribution in [0, 0.1) is 0 Å². The van der Waals surface area contributed by atoms with Crippen molar-refractivity contribution < 1.29 is 35.9 Å². The highest BCUT2D eigenvalue weighted by Crippen LogP contribution is 2.30. The van der Waals surface area contributed by atoms with Gasteiger partial charge in [0, 0.05) is 25.4 Å². The predicted molar refractivity (Wildman–Crippen MR) is 103 cm³/mol. The number of methoxy groups -OCH3 is 1. The van der Waals surface area contributed by atoms with Crippen LogP contribution in [0.1, 0.15) is 28.8 Å². The van der Waals surface area contributed by atoms with Gasteiger partial charge >= 0.3 is 6.18 Å². The predicted octanol–water partition coefficient (Wildman–Crippen LogP) is 2.44. The molecular formula is C19H20F3N3O5S. The van der Waals surface area contributed by atoms with Crippen LogP contribution in [-0.4, -0.2) is 49.9 Å². The molecule has 2 aromatic rings. The molecule has 31 heavy (non-hydrogen) atoms. The first-order valence-electron chi connectivity index (χ1n) is 9.20. The number of benzene rings is 1. The number of piperidine rings is 1. The van der Waals surface area contributed by atoms with Gasteiger partial charge in [0.1, 0.15) is 11.9 Å². The molecule has 0 saturated carbocycles. The van der Waals surface area contributed by atoms with Crippen molar-refractivity contribution in [2.45, 2.75) is 30.0 Å². The van der Waals surface area contributed by atoms with E-state index in [2.05, 4.69) is 4.98 Å². The summed E-state index contributed by atoms with van der Waals surface area (Å²) in [5.41, 5.74) is 4.37. The number of halogens is 3. The zero-order valence-corrected chi connectivity index (χ0v) is 17.2. The molecule has 12 heteroatoms. The third-order valence-electron chi connectivity index (χ3n) is 4.83. The van der Waals surface area contributed by atoms with Gasteiger partial charge in [0.15, 0.2) is 0 Å². The van der Waals surface area contributed by atoms with Gasteiger partial charge in [-0.1, -0.05) is 0 Å². The number of carbonyl (C=O) groups excluding carboxylic acids is 1. The van der Waals surface area contributed by atoms with Crippen LogP contribution in [0.15, 0.2) is 41.4 Å². The Morgan fingerprint density at radius 2 is 1.87 bits per heavy atom. The normalized spacial score (nSPS) is 16.1. The first-order chi connectivity index (χ1) is 14.5. The zero-order chi connectivity index (χ0) is 22.8. The number of rotatable bonds is 6. The number of hydrogen-bond acceptors (Lipinski definition) is 6. The van der Waals surface area contributed by atoms with E-state index in [4.69, 9.17) is 15.2 Å². The number of carbonyl (C=O) groups is 1. The van der Waals surface area contributed by atoms with Crippen molar-refractivity contribution in [3.05, 3.63) is 47.7 Å². The minimum atomic E-state index is -4.49. The van der Waals surface area contributed by atoms with Gasteiger partial charge in [-0.25, -0.2) is 13.4 Å². The molecule has 0 spiro atoms. The van der Waals surface area contributed by atoms with Crippen molar-refractivity contribution in [3.8, 4) is 11.6 Å². The summed E-state index contributed by atoms with van der Waals surface area (Å²) in [5.74, 6) is -0.608. The van der Waals surface area contributed by atoms with E-state index < -0.39 is 33.8 Å². The number of primary amides is 1. The number of sulfonamides is 1. The second kappa shape index (κ2) is 8.71. The molecule has 1 aromatic carbocycles. The maximum Gasteiger partial charge on any atom is 0.417 e. The molecule has 0 aliphatic carbocycles. The van der Waals surface area contributed by atoms with Gasteiger partial charge in [0.05, 0.1) is 23.1 Å². The molecule has 0 unspecified atom stereocenters. The van der Waals surface area contributed by atoms with E-state index in [9.17, 15) is 26.4 Å². The molecule has 0 radical (unpaired) electrons.